The van der Waals surface area contributed by atoms with Crippen molar-refractivity contribution in [1.29, 1.82) is 0 Å². The molecule has 1 aromatic carbocycles. The molecule has 0 spiro atoms. The molecule has 0 atom stereocenters. The molecule has 24 heavy (non-hydrogen) atoms. The zero-order valence-corrected chi connectivity index (χ0v) is 14.7. The van der Waals surface area contributed by atoms with Gasteiger partial charge in [-0.1, -0.05) is 0 Å². The highest BCUT2D eigenvalue weighted by Gasteiger charge is 2.07. The van der Waals surface area contributed by atoms with E-state index in [1.54, 1.807) is 6.07 Å². The second-order valence-corrected chi connectivity index (χ2v) is 7.05. The average Bonchev–Trinajstić information content (AvgIpc) is 2.76. The van der Waals surface area contributed by atoms with E-state index in [-0.39, 0.29) is 5.56 Å². The molecule has 0 unspecified atom stereocenters. The maximum absolute atomic E-state index is 11.4. The standard InChI is InChI=1S/C15H15N3O.CH4O3S/c1-9-6-13(18-8-10(2)16-11(18)3)7-12-4-5-14(19)17-15(9)12;1-5(2,3)4/h4-8H,1-3H3,(H,17,19);1H3,(H,2,3,4). The molecular weight excluding hydrogens is 330 g/mol. The first-order chi connectivity index (χ1) is 11.0. The molecule has 128 valence electrons. The maximum atomic E-state index is 11.4. The summed E-state index contributed by atoms with van der Waals surface area (Å²) in [5, 5.41) is 1.03. The topological polar surface area (TPSA) is 105 Å². The van der Waals surface area contributed by atoms with Crippen LogP contribution in [-0.2, 0) is 10.1 Å². The number of nitrogens with zero attached hydrogens (tertiary/aromatic N) is 2. The molecule has 0 saturated carbocycles. The molecule has 7 nitrogen and oxygen atoms in total. The highest BCUT2D eigenvalue weighted by molar-refractivity contribution is 7.85. The predicted molar refractivity (Wildman–Crippen MR) is 93.4 cm³/mol. The maximum Gasteiger partial charge on any atom is 0.261 e. The summed E-state index contributed by atoms with van der Waals surface area (Å²) in [4.78, 5) is 18.7. The van der Waals surface area contributed by atoms with E-state index in [0.29, 0.717) is 6.26 Å². The fraction of sp³-hybridized carbons (Fsp3) is 0.250. The number of H-pyrrole nitrogens is 1. The molecule has 3 rings (SSSR count). The van der Waals surface area contributed by atoms with Crippen LogP contribution in [0.15, 0.2) is 35.3 Å². The molecular formula is C16H19N3O4S. The van der Waals surface area contributed by atoms with E-state index >= 15 is 0 Å². The zero-order chi connectivity index (χ0) is 18.1. The summed E-state index contributed by atoms with van der Waals surface area (Å²) in [5.41, 5.74) is 3.94. The van der Waals surface area contributed by atoms with Crippen LogP contribution in [-0.4, -0.2) is 33.8 Å². The largest absolute Gasteiger partial charge is 0.322 e. The third kappa shape index (κ3) is 4.53. The number of hydrogen-bond donors (Lipinski definition) is 2. The first kappa shape index (κ1) is 17.9. The molecule has 0 fully saturated rings. The second-order valence-electron chi connectivity index (χ2n) is 5.58. The van der Waals surface area contributed by atoms with Crippen molar-refractivity contribution in [3.63, 3.8) is 0 Å². The molecule has 0 bridgehead atoms. The molecule has 8 heteroatoms. The summed E-state index contributed by atoms with van der Waals surface area (Å²) in [7, 11) is -3.67. The SMILES string of the molecule is CS(=O)(=O)O.Cc1cn(-c2cc(C)c3[nH]c(=O)ccc3c2)c(C)n1. The van der Waals surface area contributed by atoms with Crippen molar-refractivity contribution in [1.82, 2.24) is 14.5 Å². The smallest absolute Gasteiger partial charge is 0.261 e. The third-order valence-electron chi connectivity index (χ3n) is 3.29. The van der Waals surface area contributed by atoms with E-state index < -0.39 is 10.1 Å². The molecule has 0 aliphatic carbocycles. The lowest BCUT2D eigenvalue weighted by Crippen LogP contribution is -2.04. The first-order valence-electron chi connectivity index (χ1n) is 7.13. The van der Waals surface area contributed by atoms with Gasteiger partial charge in [0.05, 0.1) is 17.5 Å². The number of benzene rings is 1. The minimum Gasteiger partial charge on any atom is -0.322 e. The van der Waals surface area contributed by atoms with Crippen LogP contribution in [0.25, 0.3) is 16.6 Å². The molecule has 2 heterocycles. The van der Waals surface area contributed by atoms with Gasteiger partial charge in [0, 0.05) is 23.3 Å². The monoisotopic (exact) mass is 349 g/mol. The van der Waals surface area contributed by atoms with Crippen LogP contribution in [0.4, 0.5) is 0 Å². The number of fused-ring (bicyclic) bond motifs is 1. The van der Waals surface area contributed by atoms with Crippen molar-refractivity contribution in [3.05, 3.63) is 57.9 Å². The minimum atomic E-state index is -3.67. The van der Waals surface area contributed by atoms with Crippen LogP contribution < -0.4 is 5.56 Å². The van der Waals surface area contributed by atoms with E-state index in [1.807, 2.05) is 33.0 Å². The lowest BCUT2D eigenvalue weighted by molar-refractivity contribution is 0.490. The van der Waals surface area contributed by atoms with Gasteiger partial charge in [0.25, 0.3) is 10.1 Å². The van der Waals surface area contributed by atoms with Gasteiger partial charge in [-0.2, -0.15) is 8.42 Å². The number of aryl methyl sites for hydroxylation is 3. The van der Waals surface area contributed by atoms with Gasteiger partial charge >= 0.3 is 0 Å². The Kier molecular flexibility index (Phi) is 4.91. The third-order valence-corrected chi connectivity index (χ3v) is 3.29. The summed E-state index contributed by atoms with van der Waals surface area (Å²) in [6, 6.07) is 7.53. The number of nitrogens with one attached hydrogen (secondary N) is 1. The summed E-state index contributed by atoms with van der Waals surface area (Å²) in [5.74, 6) is 0.959. The Labute approximate surface area is 139 Å². The van der Waals surface area contributed by atoms with E-state index in [0.717, 1.165) is 33.7 Å². The van der Waals surface area contributed by atoms with Gasteiger partial charge in [0.1, 0.15) is 5.82 Å². The van der Waals surface area contributed by atoms with E-state index in [9.17, 15) is 13.2 Å². The van der Waals surface area contributed by atoms with Crippen LogP contribution in [0.1, 0.15) is 17.1 Å². The van der Waals surface area contributed by atoms with E-state index in [1.165, 1.54) is 0 Å². The van der Waals surface area contributed by atoms with Gasteiger partial charge in [-0.05, 0) is 44.5 Å². The Morgan fingerprint density at radius 2 is 1.79 bits per heavy atom. The number of aromatic amines is 1. The van der Waals surface area contributed by atoms with Gasteiger partial charge in [-0.15, -0.1) is 0 Å². The van der Waals surface area contributed by atoms with Gasteiger partial charge < -0.3 is 9.55 Å². The Morgan fingerprint density at radius 1 is 1.17 bits per heavy atom. The molecule has 2 aromatic heterocycles. The number of imidazole rings is 1. The Balaban J connectivity index is 0.000000368. The molecule has 0 radical (unpaired) electrons. The van der Waals surface area contributed by atoms with Gasteiger partial charge in [0.15, 0.2) is 0 Å². The highest BCUT2D eigenvalue weighted by Crippen LogP contribution is 2.21. The molecule has 2 N–H and O–H groups in total. The summed E-state index contributed by atoms with van der Waals surface area (Å²) < 4.78 is 27.9. The molecule has 0 aliphatic rings. The van der Waals surface area contributed by atoms with Crippen molar-refractivity contribution in [2.24, 2.45) is 0 Å². The highest BCUT2D eigenvalue weighted by atomic mass is 32.2. The summed E-state index contributed by atoms with van der Waals surface area (Å²) in [6.07, 6.45) is 2.73. The van der Waals surface area contributed by atoms with E-state index in [4.69, 9.17) is 4.55 Å². The Hall–Kier alpha value is -2.45. The molecule has 0 amide bonds. The molecule has 0 aliphatic heterocycles. The number of rotatable bonds is 1. The van der Waals surface area contributed by atoms with Crippen molar-refractivity contribution >= 4 is 21.0 Å². The molecule has 3 aromatic rings. The second kappa shape index (κ2) is 6.58. The Bertz CT molecular complexity index is 1040. The summed E-state index contributed by atoms with van der Waals surface area (Å²) >= 11 is 0. The van der Waals surface area contributed by atoms with E-state index in [2.05, 4.69) is 26.7 Å². The van der Waals surface area contributed by atoms with Crippen molar-refractivity contribution < 1.29 is 13.0 Å². The number of aromatic nitrogens is 3. The van der Waals surface area contributed by atoms with Crippen LogP contribution in [0.3, 0.4) is 0 Å². The van der Waals surface area contributed by atoms with Gasteiger partial charge in [-0.3, -0.25) is 9.35 Å². The van der Waals surface area contributed by atoms with Crippen molar-refractivity contribution in [3.8, 4) is 5.69 Å². The summed E-state index contributed by atoms with van der Waals surface area (Å²) in [6.45, 7) is 5.97. The van der Waals surface area contributed by atoms with Crippen molar-refractivity contribution in [2.75, 3.05) is 6.26 Å². The quantitative estimate of drug-likeness (QED) is 0.655. The zero-order valence-electron chi connectivity index (χ0n) is 13.9. The minimum absolute atomic E-state index is 0.0713. The van der Waals surface area contributed by atoms with Crippen LogP contribution in [0.2, 0.25) is 0 Å². The number of pyridine rings is 1. The predicted octanol–water partition coefficient (Wildman–Crippen LogP) is 2.14. The fourth-order valence-corrected chi connectivity index (χ4v) is 2.45. The van der Waals surface area contributed by atoms with Crippen molar-refractivity contribution in [2.45, 2.75) is 20.8 Å². The average molecular weight is 349 g/mol. The lowest BCUT2D eigenvalue weighted by atomic mass is 10.1. The lowest BCUT2D eigenvalue weighted by Gasteiger charge is -2.09. The van der Waals surface area contributed by atoms with Crippen LogP contribution in [0, 0.1) is 20.8 Å². The fourth-order valence-electron chi connectivity index (χ4n) is 2.45. The molecule has 0 saturated heterocycles. The number of hydrogen-bond acceptors (Lipinski definition) is 4. The first-order valence-corrected chi connectivity index (χ1v) is 8.98. The van der Waals surface area contributed by atoms with Gasteiger partial charge in [0.2, 0.25) is 5.56 Å². The normalized spacial score (nSPS) is 11.2. The van der Waals surface area contributed by atoms with Gasteiger partial charge in [-0.25, -0.2) is 4.98 Å². The Morgan fingerprint density at radius 3 is 2.33 bits per heavy atom. The van der Waals surface area contributed by atoms with Crippen LogP contribution in [0.5, 0.6) is 0 Å². The van der Waals surface area contributed by atoms with Crippen LogP contribution >= 0.6 is 0 Å².